The molecule has 0 aliphatic carbocycles. The van der Waals surface area contributed by atoms with E-state index in [1.807, 2.05) is 36.4 Å². The van der Waals surface area contributed by atoms with Crippen molar-refractivity contribution in [3.05, 3.63) is 60.4 Å². The summed E-state index contributed by atoms with van der Waals surface area (Å²) in [5.74, 6) is 0. The molecule has 1 aliphatic heterocycles. The van der Waals surface area contributed by atoms with Gasteiger partial charge in [-0.3, -0.25) is 4.98 Å². The zero-order chi connectivity index (χ0) is 15.9. The number of hydrogen-bond donors (Lipinski definition) is 0. The molecule has 1 fully saturated rings. The van der Waals surface area contributed by atoms with Gasteiger partial charge in [-0.25, -0.2) is 8.42 Å². The van der Waals surface area contributed by atoms with Gasteiger partial charge in [-0.1, -0.05) is 24.3 Å². The molecule has 0 saturated carbocycles. The third-order valence-electron chi connectivity index (χ3n) is 4.20. The zero-order valence-electron chi connectivity index (χ0n) is 12.4. The summed E-state index contributed by atoms with van der Waals surface area (Å²) in [5.41, 5.74) is 1.37. The van der Waals surface area contributed by atoms with Crippen molar-refractivity contribution in [2.24, 2.45) is 0 Å². The molecule has 0 unspecified atom stereocenters. The summed E-state index contributed by atoms with van der Waals surface area (Å²) < 4.78 is 33.1. The average molecular weight is 328 g/mol. The summed E-state index contributed by atoms with van der Waals surface area (Å²) in [6, 6.07) is 14.3. The number of nitrogens with zero attached hydrogens (tertiary/aromatic N) is 2. The Bertz CT molecular complexity index is 902. The van der Waals surface area contributed by atoms with E-state index in [1.165, 1.54) is 4.31 Å². The fourth-order valence-electron chi connectivity index (χ4n) is 3.10. The van der Waals surface area contributed by atoms with Gasteiger partial charge >= 0.3 is 0 Å². The third kappa shape index (κ3) is 2.44. The minimum atomic E-state index is -3.67. The monoisotopic (exact) mass is 328 g/mol. The molecule has 4 rings (SSSR count). The molecule has 2 aromatic heterocycles. The van der Waals surface area contributed by atoms with Crippen molar-refractivity contribution < 1.29 is 12.8 Å². The van der Waals surface area contributed by atoms with E-state index in [0.717, 1.165) is 23.9 Å². The van der Waals surface area contributed by atoms with E-state index in [4.69, 9.17) is 4.42 Å². The molecule has 0 bridgehead atoms. The first kappa shape index (κ1) is 14.4. The van der Waals surface area contributed by atoms with Crippen molar-refractivity contribution in [3.63, 3.8) is 0 Å². The Hall–Kier alpha value is -2.18. The number of benzene rings is 1. The van der Waals surface area contributed by atoms with Crippen LogP contribution in [-0.4, -0.2) is 24.3 Å². The van der Waals surface area contributed by atoms with E-state index in [1.54, 1.807) is 18.3 Å². The molecule has 3 aromatic rings. The molecule has 1 aromatic carbocycles. The van der Waals surface area contributed by atoms with Crippen molar-refractivity contribution >= 4 is 21.0 Å². The van der Waals surface area contributed by atoms with Crippen LogP contribution in [0.25, 0.3) is 11.0 Å². The Balaban J connectivity index is 1.75. The highest BCUT2D eigenvalue weighted by Crippen LogP contribution is 2.36. The maximum absolute atomic E-state index is 13.0. The number of sulfonamides is 1. The highest BCUT2D eigenvalue weighted by Gasteiger charge is 2.38. The molecule has 1 aliphatic rings. The van der Waals surface area contributed by atoms with Crippen LogP contribution < -0.4 is 0 Å². The normalized spacial score (nSPS) is 19.4. The van der Waals surface area contributed by atoms with Crippen LogP contribution >= 0.6 is 0 Å². The molecule has 6 heteroatoms. The van der Waals surface area contributed by atoms with E-state index in [-0.39, 0.29) is 11.1 Å². The van der Waals surface area contributed by atoms with Gasteiger partial charge in [0.2, 0.25) is 5.09 Å². The number of para-hydroxylation sites is 1. The molecule has 5 nitrogen and oxygen atoms in total. The summed E-state index contributed by atoms with van der Waals surface area (Å²) in [7, 11) is -3.67. The Morgan fingerprint density at radius 2 is 1.96 bits per heavy atom. The largest absolute Gasteiger partial charge is 0.443 e. The summed E-state index contributed by atoms with van der Waals surface area (Å²) in [6.45, 7) is 0.487. The van der Waals surface area contributed by atoms with Crippen molar-refractivity contribution in [2.45, 2.75) is 24.0 Å². The van der Waals surface area contributed by atoms with Gasteiger partial charge in [0.25, 0.3) is 10.0 Å². The maximum Gasteiger partial charge on any atom is 0.277 e. The number of pyridine rings is 1. The molecule has 1 atom stereocenters. The number of fused-ring (bicyclic) bond motifs is 1. The third-order valence-corrected chi connectivity index (χ3v) is 5.96. The quantitative estimate of drug-likeness (QED) is 0.739. The van der Waals surface area contributed by atoms with Crippen molar-refractivity contribution in [2.75, 3.05) is 6.54 Å². The lowest BCUT2D eigenvalue weighted by Crippen LogP contribution is -2.30. The Labute approximate surface area is 134 Å². The van der Waals surface area contributed by atoms with E-state index >= 15 is 0 Å². The van der Waals surface area contributed by atoms with Gasteiger partial charge in [-0.05, 0) is 31.0 Å². The van der Waals surface area contributed by atoms with Gasteiger partial charge in [0.15, 0.2) is 0 Å². The van der Waals surface area contributed by atoms with Crippen molar-refractivity contribution in [1.82, 2.24) is 9.29 Å². The number of rotatable bonds is 3. The fraction of sp³-hybridized carbons (Fsp3) is 0.235. The summed E-state index contributed by atoms with van der Waals surface area (Å²) >= 11 is 0. The van der Waals surface area contributed by atoms with Gasteiger partial charge in [0, 0.05) is 24.2 Å². The van der Waals surface area contributed by atoms with E-state index in [9.17, 15) is 8.42 Å². The van der Waals surface area contributed by atoms with Crippen LogP contribution in [0.15, 0.2) is 64.2 Å². The van der Waals surface area contributed by atoms with Crippen molar-refractivity contribution in [3.8, 4) is 0 Å². The molecular formula is C17H16N2O3S. The molecule has 118 valence electrons. The fourth-order valence-corrected chi connectivity index (χ4v) is 4.72. The first-order valence-corrected chi connectivity index (χ1v) is 9.01. The second kappa shape index (κ2) is 5.47. The number of furan rings is 1. The standard InChI is InChI=1S/C17H16N2O3S/c20-23(21,17-12-13-6-1-2-9-16(13)22-17)19-11-5-8-15(19)14-7-3-4-10-18-14/h1-4,6-7,9-10,12,15H,5,8,11H2/t15-/m0/s1. The minimum absolute atomic E-state index is 0.00142. The topological polar surface area (TPSA) is 63.4 Å². The maximum atomic E-state index is 13.0. The van der Waals surface area contributed by atoms with Gasteiger partial charge in [-0.15, -0.1) is 0 Å². The molecule has 0 N–H and O–H groups in total. The lowest BCUT2D eigenvalue weighted by atomic mass is 10.1. The van der Waals surface area contributed by atoms with E-state index < -0.39 is 10.0 Å². The first-order chi connectivity index (χ1) is 11.2. The van der Waals surface area contributed by atoms with Crippen LogP contribution in [0, 0.1) is 0 Å². The van der Waals surface area contributed by atoms with E-state index in [2.05, 4.69) is 4.98 Å². The second-order valence-electron chi connectivity index (χ2n) is 5.63. The van der Waals surface area contributed by atoms with Crippen LogP contribution in [0.2, 0.25) is 0 Å². The van der Waals surface area contributed by atoms with Gasteiger partial charge in [0.1, 0.15) is 5.58 Å². The Morgan fingerprint density at radius 1 is 1.13 bits per heavy atom. The predicted octanol–water partition coefficient (Wildman–Crippen LogP) is 3.35. The second-order valence-corrected chi connectivity index (χ2v) is 7.45. The first-order valence-electron chi connectivity index (χ1n) is 7.57. The number of hydrogen-bond acceptors (Lipinski definition) is 4. The molecule has 0 radical (unpaired) electrons. The van der Waals surface area contributed by atoms with Crippen LogP contribution in [0.5, 0.6) is 0 Å². The Kier molecular flexibility index (Phi) is 3.43. The predicted molar refractivity (Wildman–Crippen MR) is 86.3 cm³/mol. The minimum Gasteiger partial charge on any atom is -0.443 e. The molecule has 0 amide bonds. The van der Waals surface area contributed by atoms with E-state index in [0.29, 0.717) is 12.1 Å². The Morgan fingerprint density at radius 3 is 2.74 bits per heavy atom. The summed E-state index contributed by atoms with van der Waals surface area (Å²) in [5, 5.41) is 0.793. The highest BCUT2D eigenvalue weighted by atomic mass is 32.2. The van der Waals surface area contributed by atoms with Gasteiger partial charge in [0.05, 0.1) is 11.7 Å². The van der Waals surface area contributed by atoms with Gasteiger partial charge < -0.3 is 4.42 Å². The SMILES string of the molecule is O=S(=O)(c1cc2ccccc2o1)N1CCC[C@H]1c1ccccn1. The van der Waals surface area contributed by atoms with Crippen molar-refractivity contribution in [1.29, 1.82) is 0 Å². The molecule has 0 spiro atoms. The van der Waals surface area contributed by atoms with Crippen LogP contribution in [0.4, 0.5) is 0 Å². The smallest absolute Gasteiger partial charge is 0.277 e. The summed E-state index contributed by atoms with van der Waals surface area (Å²) in [4.78, 5) is 4.32. The highest BCUT2D eigenvalue weighted by molar-refractivity contribution is 7.89. The number of aromatic nitrogens is 1. The molecule has 23 heavy (non-hydrogen) atoms. The van der Waals surface area contributed by atoms with Crippen LogP contribution in [0.3, 0.4) is 0 Å². The lowest BCUT2D eigenvalue weighted by Gasteiger charge is -2.22. The van der Waals surface area contributed by atoms with Crippen LogP contribution in [-0.2, 0) is 10.0 Å². The lowest BCUT2D eigenvalue weighted by molar-refractivity contribution is 0.370. The molecular weight excluding hydrogens is 312 g/mol. The average Bonchev–Trinajstić information content (AvgIpc) is 3.23. The molecule has 1 saturated heterocycles. The summed E-state index contributed by atoms with van der Waals surface area (Å²) in [6.07, 6.45) is 3.29. The molecule has 3 heterocycles. The van der Waals surface area contributed by atoms with Gasteiger partial charge in [-0.2, -0.15) is 4.31 Å². The zero-order valence-corrected chi connectivity index (χ0v) is 13.2. The van der Waals surface area contributed by atoms with Crippen LogP contribution in [0.1, 0.15) is 24.6 Å².